The number of aromatic nitrogens is 2. The first-order chi connectivity index (χ1) is 10.1. The Morgan fingerprint density at radius 2 is 2.10 bits per heavy atom. The van der Waals surface area contributed by atoms with E-state index in [1.165, 1.54) is 6.07 Å². The Kier molecular flexibility index (Phi) is 4.99. The number of nitrogens with one attached hydrogen (secondary N) is 1. The molecule has 1 heterocycles. The molecule has 0 aliphatic rings. The molecule has 112 valence electrons. The van der Waals surface area contributed by atoms with E-state index >= 15 is 0 Å². The van der Waals surface area contributed by atoms with Gasteiger partial charge in [-0.1, -0.05) is 26.0 Å². The van der Waals surface area contributed by atoms with Gasteiger partial charge in [-0.15, -0.1) is 10.2 Å². The lowest BCUT2D eigenvalue weighted by Gasteiger charge is -2.05. The second-order valence-corrected chi connectivity index (χ2v) is 4.99. The van der Waals surface area contributed by atoms with E-state index in [2.05, 4.69) is 29.4 Å². The molecule has 0 saturated heterocycles. The van der Waals surface area contributed by atoms with Gasteiger partial charge in [0, 0.05) is 18.5 Å². The predicted octanol–water partition coefficient (Wildman–Crippen LogP) is 2.58. The van der Waals surface area contributed by atoms with Crippen molar-refractivity contribution in [1.82, 2.24) is 15.5 Å². The molecule has 7 nitrogen and oxygen atoms in total. The van der Waals surface area contributed by atoms with Gasteiger partial charge in [-0.3, -0.25) is 10.1 Å². The lowest BCUT2D eigenvalue weighted by atomic mass is 10.2. The summed E-state index contributed by atoms with van der Waals surface area (Å²) in [6.07, 6.45) is 1.52. The van der Waals surface area contributed by atoms with Crippen LogP contribution in [0.5, 0.6) is 0 Å². The van der Waals surface area contributed by atoms with Gasteiger partial charge in [-0.25, -0.2) is 0 Å². The van der Waals surface area contributed by atoms with Crippen molar-refractivity contribution in [3.8, 4) is 11.5 Å². The largest absolute Gasteiger partial charge is 0.420 e. The van der Waals surface area contributed by atoms with E-state index in [4.69, 9.17) is 4.42 Å². The number of rotatable bonds is 7. The standard InChI is InChI=1S/C14H18N4O3/c1-10(2)15-9-5-8-13-16-17-14(21-13)11-6-3-4-7-12(11)18(19)20/h3-4,6-7,10,15H,5,8-9H2,1-2H3. The molecular weight excluding hydrogens is 272 g/mol. The second-order valence-electron chi connectivity index (χ2n) is 4.99. The number of hydrogen-bond donors (Lipinski definition) is 1. The van der Waals surface area contributed by atoms with E-state index in [9.17, 15) is 10.1 Å². The van der Waals surface area contributed by atoms with Crippen LogP contribution in [-0.2, 0) is 6.42 Å². The molecule has 21 heavy (non-hydrogen) atoms. The second kappa shape index (κ2) is 6.94. The van der Waals surface area contributed by atoms with Gasteiger partial charge in [0.15, 0.2) is 0 Å². The van der Waals surface area contributed by atoms with Crippen LogP contribution in [0.1, 0.15) is 26.2 Å². The van der Waals surface area contributed by atoms with E-state index in [0.717, 1.165) is 13.0 Å². The maximum Gasteiger partial charge on any atom is 0.282 e. The first-order valence-corrected chi connectivity index (χ1v) is 6.87. The molecule has 0 bridgehead atoms. The Labute approximate surface area is 122 Å². The lowest BCUT2D eigenvalue weighted by Crippen LogP contribution is -2.23. The van der Waals surface area contributed by atoms with Crippen molar-refractivity contribution in [3.05, 3.63) is 40.3 Å². The zero-order valence-electron chi connectivity index (χ0n) is 12.1. The molecule has 7 heteroatoms. The summed E-state index contributed by atoms with van der Waals surface area (Å²) in [5.41, 5.74) is 0.315. The summed E-state index contributed by atoms with van der Waals surface area (Å²) >= 11 is 0. The first-order valence-electron chi connectivity index (χ1n) is 6.87. The molecule has 0 aliphatic carbocycles. The molecule has 0 aliphatic heterocycles. The van der Waals surface area contributed by atoms with Crippen LogP contribution in [0.4, 0.5) is 5.69 Å². The molecule has 1 N–H and O–H groups in total. The van der Waals surface area contributed by atoms with Crippen molar-refractivity contribution in [2.24, 2.45) is 0 Å². The summed E-state index contributed by atoms with van der Waals surface area (Å²) < 4.78 is 5.51. The molecule has 1 aromatic heterocycles. The lowest BCUT2D eigenvalue weighted by molar-refractivity contribution is -0.384. The van der Waals surface area contributed by atoms with Gasteiger partial charge >= 0.3 is 0 Å². The van der Waals surface area contributed by atoms with Crippen LogP contribution in [0.2, 0.25) is 0 Å². The Morgan fingerprint density at radius 3 is 2.81 bits per heavy atom. The van der Waals surface area contributed by atoms with Crippen LogP contribution in [0.15, 0.2) is 28.7 Å². The van der Waals surface area contributed by atoms with Crippen LogP contribution in [0.25, 0.3) is 11.5 Å². The molecule has 2 aromatic rings. The first kappa shape index (κ1) is 15.1. The zero-order chi connectivity index (χ0) is 15.2. The van der Waals surface area contributed by atoms with E-state index < -0.39 is 4.92 Å². The zero-order valence-corrected chi connectivity index (χ0v) is 12.1. The van der Waals surface area contributed by atoms with Crippen molar-refractivity contribution in [1.29, 1.82) is 0 Å². The molecule has 0 unspecified atom stereocenters. The van der Waals surface area contributed by atoms with Crippen LogP contribution in [0.3, 0.4) is 0 Å². The highest BCUT2D eigenvalue weighted by atomic mass is 16.6. The van der Waals surface area contributed by atoms with Gasteiger partial charge in [-0.05, 0) is 19.0 Å². The van der Waals surface area contributed by atoms with Gasteiger partial charge in [0.05, 0.1) is 4.92 Å². The molecule has 0 fully saturated rings. The minimum Gasteiger partial charge on any atom is -0.420 e. The summed E-state index contributed by atoms with van der Waals surface area (Å²) in [5, 5.41) is 22.1. The minimum absolute atomic E-state index is 0.0332. The minimum atomic E-state index is -0.453. The number of nitro benzene ring substituents is 1. The molecule has 2 rings (SSSR count). The fraction of sp³-hybridized carbons (Fsp3) is 0.429. The number of hydrogen-bond acceptors (Lipinski definition) is 6. The summed E-state index contributed by atoms with van der Waals surface area (Å²) in [4.78, 5) is 10.5. The average molecular weight is 290 g/mol. The monoisotopic (exact) mass is 290 g/mol. The van der Waals surface area contributed by atoms with Crippen molar-refractivity contribution >= 4 is 5.69 Å². The van der Waals surface area contributed by atoms with Crippen molar-refractivity contribution in [3.63, 3.8) is 0 Å². The van der Waals surface area contributed by atoms with Crippen LogP contribution >= 0.6 is 0 Å². The molecule has 0 atom stereocenters. The Morgan fingerprint density at radius 1 is 1.33 bits per heavy atom. The van der Waals surface area contributed by atoms with Crippen molar-refractivity contribution in [2.75, 3.05) is 6.54 Å². The van der Waals surface area contributed by atoms with E-state index in [1.807, 2.05) is 0 Å². The molecule has 1 aromatic carbocycles. The Bertz CT molecular complexity index is 610. The Balaban J connectivity index is 2.05. The summed E-state index contributed by atoms with van der Waals surface area (Å²) in [5.74, 6) is 0.683. The molecule has 0 amide bonds. The van der Waals surface area contributed by atoms with E-state index in [1.54, 1.807) is 18.2 Å². The van der Waals surface area contributed by atoms with Crippen LogP contribution < -0.4 is 5.32 Å². The highest BCUT2D eigenvalue weighted by Gasteiger charge is 2.19. The number of nitrogens with zero attached hydrogens (tertiary/aromatic N) is 3. The van der Waals surface area contributed by atoms with Crippen LogP contribution in [0, 0.1) is 10.1 Å². The number of para-hydroxylation sites is 1. The average Bonchev–Trinajstić information content (AvgIpc) is 2.92. The predicted molar refractivity (Wildman–Crippen MR) is 77.8 cm³/mol. The van der Waals surface area contributed by atoms with Gasteiger partial charge in [0.25, 0.3) is 11.6 Å². The Hall–Kier alpha value is -2.28. The number of aryl methyl sites for hydroxylation is 1. The molecule has 0 radical (unpaired) electrons. The highest BCUT2D eigenvalue weighted by Crippen LogP contribution is 2.28. The maximum atomic E-state index is 11.0. The highest BCUT2D eigenvalue weighted by molar-refractivity contribution is 5.66. The summed E-state index contributed by atoms with van der Waals surface area (Å²) in [6.45, 7) is 5.03. The van der Waals surface area contributed by atoms with E-state index in [0.29, 0.717) is 23.9 Å². The summed E-state index contributed by atoms with van der Waals surface area (Å²) in [6, 6.07) is 6.78. The molecular formula is C14H18N4O3. The van der Waals surface area contributed by atoms with Gasteiger partial charge in [0.1, 0.15) is 5.56 Å². The third kappa shape index (κ3) is 4.09. The summed E-state index contributed by atoms with van der Waals surface area (Å²) in [7, 11) is 0. The normalized spacial score (nSPS) is 11.0. The van der Waals surface area contributed by atoms with E-state index in [-0.39, 0.29) is 11.6 Å². The smallest absolute Gasteiger partial charge is 0.282 e. The van der Waals surface area contributed by atoms with Crippen molar-refractivity contribution < 1.29 is 9.34 Å². The molecule has 0 spiro atoms. The topological polar surface area (TPSA) is 94.1 Å². The third-order valence-corrected chi connectivity index (χ3v) is 2.92. The van der Waals surface area contributed by atoms with Crippen LogP contribution in [-0.4, -0.2) is 27.7 Å². The fourth-order valence-electron chi connectivity index (χ4n) is 1.91. The third-order valence-electron chi connectivity index (χ3n) is 2.92. The number of nitro groups is 1. The quantitative estimate of drug-likeness (QED) is 0.478. The SMILES string of the molecule is CC(C)NCCCc1nnc(-c2ccccc2[N+](=O)[O-])o1. The maximum absolute atomic E-state index is 11.0. The number of benzene rings is 1. The van der Waals surface area contributed by atoms with Crippen molar-refractivity contribution in [2.45, 2.75) is 32.7 Å². The fourth-order valence-corrected chi connectivity index (χ4v) is 1.91. The van der Waals surface area contributed by atoms with Gasteiger partial charge in [-0.2, -0.15) is 0 Å². The van der Waals surface area contributed by atoms with Gasteiger partial charge in [0.2, 0.25) is 5.89 Å². The van der Waals surface area contributed by atoms with Gasteiger partial charge < -0.3 is 9.73 Å². The molecule has 0 saturated carbocycles.